The van der Waals surface area contributed by atoms with E-state index in [0.717, 1.165) is 26.1 Å². The number of allylic oxidation sites excluding steroid dienone is 4. The fourth-order valence-corrected chi connectivity index (χ4v) is 6.24. The van der Waals surface area contributed by atoms with Gasteiger partial charge in [-0.3, -0.25) is 0 Å². The monoisotopic (exact) mass is 680 g/mol. The molecule has 0 amide bonds. The zero-order valence-electron chi connectivity index (χ0n) is 32.7. The number of ether oxygens (including phenoxy) is 2. The van der Waals surface area contributed by atoms with E-state index < -0.39 is 12.2 Å². The molecular weight excluding hydrogens is 594 g/mol. The van der Waals surface area contributed by atoms with Crippen LogP contribution in [-0.4, -0.2) is 73.9 Å². The van der Waals surface area contributed by atoms with Crippen molar-refractivity contribution in [3.63, 3.8) is 0 Å². The Morgan fingerprint density at radius 1 is 0.417 bits per heavy atom. The van der Waals surface area contributed by atoms with Crippen LogP contribution < -0.4 is 0 Å². The highest BCUT2D eigenvalue weighted by molar-refractivity contribution is 4.82. The van der Waals surface area contributed by atoms with Gasteiger partial charge in [0.25, 0.3) is 0 Å². The molecule has 0 radical (unpaired) electrons. The maximum absolute atomic E-state index is 10.3. The highest BCUT2D eigenvalue weighted by Gasteiger charge is 2.13. The first-order chi connectivity index (χ1) is 23.6. The van der Waals surface area contributed by atoms with E-state index in [1.54, 1.807) is 0 Å². The molecule has 48 heavy (non-hydrogen) atoms. The van der Waals surface area contributed by atoms with E-state index >= 15 is 0 Å². The van der Waals surface area contributed by atoms with Crippen LogP contribution in [0.15, 0.2) is 24.3 Å². The van der Waals surface area contributed by atoms with Crippen molar-refractivity contribution >= 4 is 0 Å². The van der Waals surface area contributed by atoms with Gasteiger partial charge in [-0.25, -0.2) is 0 Å². The summed E-state index contributed by atoms with van der Waals surface area (Å²) in [5.74, 6) is 0. The minimum atomic E-state index is -0.529. The quantitative estimate of drug-likeness (QED) is 0.0498. The van der Waals surface area contributed by atoms with Gasteiger partial charge in [-0.1, -0.05) is 154 Å². The van der Waals surface area contributed by atoms with Crippen LogP contribution in [0.3, 0.4) is 0 Å². The second-order valence-corrected chi connectivity index (χ2v) is 14.6. The molecule has 0 fully saturated rings. The number of nitrogens with zero attached hydrogens (tertiary/aromatic N) is 1. The number of aliphatic hydroxyl groups excluding tert-OH is 2. The van der Waals surface area contributed by atoms with Crippen molar-refractivity contribution in [3.8, 4) is 0 Å². The first-order valence-electron chi connectivity index (χ1n) is 21.1. The normalized spacial score (nSPS) is 13.5. The molecule has 0 aromatic rings. The third-order valence-corrected chi connectivity index (χ3v) is 9.27. The molecule has 0 aliphatic carbocycles. The van der Waals surface area contributed by atoms with Crippen molar-refractivity contribution in [1.29, 1.82) is 0 Å². The van der Waals surface area contributed by atoms with Gasteiger partial charge in [-0.15, -0.1) is 0 Å². The van der Waals surface area contributed by atoms with Gasteiger partial charge >= 0.3 is 0 Å². The average molecular weight is 680 g/mol. The van der Waals surface area contributed by atoms with E-state index in [1.807, 2.05) is 11.9 Å². The molecule has 0 saturated carbocycles. The molecule has 0 bridgehead atoms. The summed E-state index contributed by atoms with van der Waals surface area (Å²) in [5.41, 5.74) is 0. The lowest BCUT2D eigenvalue weighted by Gasteiger charge is -2.23. The number of aliphatic hydroxyl groups is 2. The molecule has 5 nitrogen and oxygen atoms in total. The Morgan fingerprint density at radius 3 is 1.00 bits per heavy atom. The van der Waals surface area contributed by atoms with E-state index in [4.69, 9.17) is 9.47 Å². The summed E-state index contributed by atoms with van der Waals surface area (Å²) in [6.45, 7) is 7.70. The van der Waals surface area contributed by atoms with E-state index in [1.165, 1.54) is 167 Å². The van der Waals surface area contributed by atoms with Crippen LogP contribution in [0.5, 0.6) is 0 Å². The Balaban J connectivity index is 3.42. The third kappa shape index (κ3) is 39.7. The number of likely N-dealkylation sites (N-methyl/N-ethyl adjacent to an activating group) is 1. The van der Waals surface area contributed by atoms with Crippen molar-refractivity contribution in [2.45, 2.75) is 206 Å². The Labute approximate surface area is 300 Å². The minimum absolute atomic E-state index is 0.359. The van der Waals surface area contributed by atoms with E-state index in [2.05, 4.69) is 38.2 Å². The second kappa shape index (κ2) is 40.7. The van der Waals surface area contributed by atoms with Gasteiger partial charge in [0.1, 0.15) is 0 Å². The largest absolute Gasteiger partial charge is 0.389 e. The van der Waals surface area contributed by atoms with Crippen LogP contribution in [-0.2, 0) is 9.47 Å². The van der Waals surface area contributed by atoms with Crippen molar-refractivity contribution < 1.29 is 19.7 Å². The summed E-state index contributed by atoms with van der Waals surface area (Å²) >= 11 is 0. The van der Waals surface area contributed by atoms with Crippen molar-refractivity contribution in [2.24, 2.45) is 0 Å². The summed E-state index contributed by atoms with van der Waals surface area (Å²) in [4.78, 5) is 1.97. The predicted molar refractivity (Wildman–Crippen MR) is 210 cm³/mol. The van der Waals surface area contributed by atoms with E-state index in [-0.39, 0.29) is 0 Å². The van der Waals surface area contributed by atoms with Crippen LogP contribution in [0.4, 0.5) is 0 Å². The Bertz CT molecular complexity index is 601. The molecule has 2 atom stereocenters. The molecule has 5 heteroatoms. The molecule has 0 rings (SSSR count). The highest BCUT2D eigenvalue weighted by atomic mass is 16.5. The Hall–Kier alpha value is -0.720. The van der Waals surface area contributed by atoms with Gasteiger partial charge in [0.2, 0.25) is 0 Å². The Morgan fingerprint density at radius 2 is 0.688 bits per heavy atom. The van der Waals surface area contributed by atoms with Crippen molar-refractivity contribution in [1.82, 2.24) is 4.90 Å². The van der Waals surface area contributed by atoms with Gasteiger partial charge in [0, 0.05) is 26.3 Å². The van der Waals surface area contributed by atoms with Gasteiger partial charge in [0.05, 0.1) is 25.4 Å². The number of hydrogen-bond acceptors (Lipinski definition) is 5. The predicted octanol–water partition coefficient (Wildman–Crippen LogP) is 11.7. The first kappa shape index (κ1) is 47.3. The number of hydrogen-bond donors (Lipinski definition) is 2. The number of rotatable bonds is 40. The van der Waals surface area contributed by atoms with Crippen molar-refractivity contribution in [3.05, 3.63) is 24.3 Å². The summed E-state index contributed by atoms with van der Waals surface area (Å²) in [6.07, 6.45) is 45.0. The SMILES string of the molecule is CCCCCCCC/C=C/CCCCCCCCOCC(O)CN(C)CC(O)COCCCCCCCC/C=C/CCCCCCCC. The second-order valence-electron chi connectivity index (χ2n) is 14.6. The minimum Gasteiger partial charge on any atom is -0.389 e. The molecule has 0 aromatic heterocycles. The molecule has 0 aliphatic heterocycles. The zero-order chi connectivity index (χ0) is 35.0. The fraction of sp³-hybridized carbons (Fsp3) is 0.907. The molecule has 0 aliphatic rings. The molecule has 0 spiro atoms. The van der Waals surface area contributed by atoms with Crippen LogP contribution in [0.25, 0.3) is 0 Å². The maximum Gasteiger partial charge on any atom is 0.0900 e. The molecule has 0 aromatic carbocycles. The summed E-state index contributed by atoms with van der Waals surface area (Å²) in [5, 5.41) is 20.6. The smallest absolute Gasteiger partial charge is 0.0900 e. The highest BCUT2D eigenvalue weighted by Crippen LogP contribution is 2.12. The summed E-state index contributed by atoms with van der Waals surface area (Å²) in [6, 6.07) is 0. The lowest BCUT2D eigenvalue weighted by Crippen LogP contribution is -2.38. The Kier molecular flexibility index (Phi) is 40.1. The maximum atomic E-state index is 10.3. The van der Waals surface area contributed by atoms with Crippen LogP contribution in [0.1, 0.15) is 194 Å². The summed E-state index contributed by atoms with van der Waals surface area (Å²) < 4.78 is 11.4. The summed E-state index contributed by atoms with van der Waals surface area (Å²) in [7, 11) is 1.93. The van der Waals surface area contributed by atoms with Crippen LogP contribution in [0, 0.1) is 0 Å². The lowest BCUT2D eigenvalue weighted by molar-refractivity contribution is -0.00485. The molecule has 0 saturated heterocycles. The fourth-order valence-electron chi connectivity index (χ4n) is 6.24. The average Bonchev–Trinajstić information content (AvgIpc) is 3.07. The van der Waals surface area contributed by atoms with E-state index in [0.29, 0.717) is 26.3 Å². The molecule has 286 valence electrons. The van der Waals surface area contributed by atoms with Crippen LogP contribution in [0.2, 0.25) is 0 Å². The van der Waals surface area contributed by atoms with Crippen molar-refractivity contribution in [2.75, 3.05) is 46.6 Å². The van der Waals surface area contributed by atoms with Gasteiger partial charge in [-0.2, -0.15) is 0 Å². The standard InChI is InChI=1S/C43H85NO4/c1-4-6-8-10-12-14-16-18-20-22-24-26-28-30-32-34-36-47-40-42(45)38-44(3)39-43(46)41-48-37-35-33-31-29-27-25-23-21-19-17-15-13-11-9-7-5-2/h18-21,42-43,45-46H,4-17,22-41H2,1-3H3/b20-18+,21-19+. The molecule has 2 N–H and O–H groups in total. The third-order valence-electron chi connectivity index (χ3n) is 9.27. The van der Waals surface area contributed by atoms with Gasteiger partial charge in [0.15, 0.2) is 0 Å². The molecule has 2 unspecified atom stereocenters. The van der Waals surface area contributed by atoms with Crippen LogP contribution >= 0.6 is 0 Å². The zero-order valence-corrected chi connectivity index (χ0v) is 32.7. The van der Waals surface area contributed by atoms with Gasteiger partial charge < -0.3 is 24.6 Å². The topological polar surface area (TPSA) is 62.2 Å². The van der Waals surface area contributed by atoms with Gasteiger partial charge in [-0.05, 0) is 71.3 Å². The number of unbranched alkanes of at least 4 members (excludes halogenated alkanes) is 24. The molecule has 0 heterocycles. The first-order valence-corrected chi connectivity index (χ1v) is 21.1. The molecular formula is C43H85NO4. The van der Waals surface area contributed by atoms with E-state index in [9.17, 15) is 10.2 Å². The lowest BCUT2D eigenvalue weighted by atomic mass is 10.1.